The molecule has 7 nitrogen and oxygen atoms in total. The topological polar surface area (TPSA) is 72.5 Å². The second kappa shape index (κ2) is 21.5. The van der Waals surface area contributed by atoms with E-state index in [1.807, 2.05) is 97.9 Å². The molecule has 10 heteroatoms. The molecule has 0 spiro atoms. The third-order valence-corrected chi connectivity index (χ3v) is 17.5. The van der Waals surface area contributed by atoms with Gasteiger partial charge in [0, 0.05) is 16.7 Å². The molecule has 0 N–H and O–H groups in total. The van der Waals surface area contributed by atoms with E-state index < -0.39 is 51.9 Å². The summed E-state index contributed by atoms with van der Waals surface area (Å²) in [5, 5.41) is -0.157. The Kier molecular flexibility index (Phi) is 17.6. The van der Waals surface area contributed by atoms with Crippen molar-refractivity contribution in [1.82, 2.24) is 0 Å². The number of ketones is 1. The van der Waals surface area contributed by atoms with E-state index in [0.717, 1.165) is 27.3 Å². The van der Waals surface area contributed by atoms with Crippen molar-refractivity contribution < 1.29 is 32.6 Å². The molecule has 1 unspecified atom stereocenters. The highest BCUT2D eigenvalue weighted by molar-refractivity contribution is 7.99. The van der Waals surface area contributed by atoms with Crippen molar-refractivity contribution in [2.45, 2.75) is 140 Å². The van der Waals surface area contributed by atoms with Crippen LogP contribution >= 0.6 is 11.8 Å². The van der Waals surface area contributed by atoms with E-state index in [0.29, 0.717) is 13.0 Å². The van der Waals surface area contributed by atoms with Crippen LogP contribution in [0, 0.1) is 5.41 Å². The number of benzene rings is 4. The molecule has 4 rings (SSSR count). The predicted octanol–water partition coefficient (Wildman–Crippen LogP) is 12.1. The fourth-order valence-electron chi connectivity index (χ4n) is 6.43. The summed E-state index contributed by atoms with van der Waals surface area (Å²) >= 11 is 1.65. The minimum absolute atomic E-state index is 0.0167. The smallest absolute Gasteiger partial charge is 0.192 e. The maximum absolute atomic E-state index is 14.4. The van der Waals surface area contributed by atoms with Crippen LogP contribution in [0.1, 0.15) is 64.7 Å². The largest absolute Gasteiger partial charge is 0.497 e. The predicted molar refractivity (Wildman–Crippen MR) is 243 cm³/mol. The molecule has 4 aromatic rings. The average molecular weight is 845 g/mol. The number of carbonyl (C=O) groups is 1. The van der Waals surface area contributed by atoms with Crippen LogP contribution in [0.25, 0.3) is 0 Å². The minimum atomic E-state index is -2.56. The van der Waals surface area contributed by atoms with Gasteiger partial charge in [0.2, 0.25) is 0 Å². The van der Waals surface area contributed by atoms with E-state index in [1.54, 1.807) is 18.9 Å². The van der Waals surface area contributed by atoms with Gasteiger partial charge < -0.3 is 27.8 Å². The third kappa shape index (κ3) is 14.0. The lowest BCUT2D eigenvalue weighted by molar-refractivity contribution is -0.192. The molecular weight excluding hydrogens is 777 g/mol. The second-order valence-corrected chi connectivity index (χ2v) is 28.4. The van der Waals surface area contributed by atoms with Crippen LogP contribution in [0.3, 0.4) is 0 Å². The molecule has 0 saturated heterocycles. The monoisotopic (exact) mass is 844 g/mol. The molecule has 4 aromatic carbocycles. The Balaban J connectivity index is 1.95. The van der Waals surface area contributed by atoms with E-state index >= 15 is 0 Å². The standard InChI is InChI=1S/C48H68O7SSi2/c1-13-41(49)42(51-33-36-23-17-14-18-24-36)45(54-58(11,12)47(2,3)4)48(5,6)44(53-35-38-29-31-39(50-7)32-30-38)43(52-34-37-25-19-15-20-26-37)46(55-57(8,9)10)56-40-27-21-16-22-28-40/h14-32,42-46H,13,33-35H2,1-12H3/t42-,43+,44-,45-,46?/m0/s1. The Morgan fingerprint density at radius 2 is 1.10 bits per heavy atom. The molecule has 316 valence electrons. The van der Waals surface area contributed by atoms with Gasteiger partial charge in [0.1, 0.15) is 23.4 Å². The molecule has 0 aromatic heterocycles. The molecule has 0 aliphatic rings. The van der Waals surface area contributed by atoms with E-state index in [1.165, 1.54) is 0 Å². The van der Waals surface area contributed by atoms with Crippen molar-refractivity contribution in [3.8, 4) is 5.75 Å². The van der Waals surface area contributed by atoms with Gasteiger partial charge >= 0.3 is 0 Å². The summed E-state index contributed by atoms with van der Waals surface area (Å²) in [7, 11) is -3.10. The van der Waals surface area contributed by atoms with Gasteiger partial charge in [-0.15, -0.1) is 0 Å². The molecule has 58 heavy (non-hydrogen) atoms. The van der Waals surface area contributed by atoms with Gasteiger partial charge in [-0.25, -0.2) is 0 Å². The van der Waals surface area contributed by atoms with Crippen LogP contribution in [0.4, 0.5) is 0 Å². The number of thioether (sulfide) groups is 1. The van der Waals surface area contributed by atoms with Gasteiger partial charge in [0.05, 0.1) is 39.1 Å². The summed E-state index contributed by atoms with van der Waals surface area (Å²) in [5.74, 6) is 0.754. The second-order valence-electron chi connectivity index (χ2n) is 18.0. The maximum Gasteiger partial charge on any atom is 0.192 e. The Hall–Kier alpha value is -3.07. The Morgan fingerprint density at radius 3 is 1.59 bits per heavy atom. The van der Waals surface area contributed by atoms with Gasteiger partial charge in [-0.2, -0.15) is 0 Å². The van der Waals surface area contributed by atoms with Crippen LogP contribution in [0.2, 0.25) is 37.8 Å². The lowest BCUT2D eigenvalue weighted by Crippen LogP contribution is -2.61. The summed E-state index contributed by atoms with van der Waals surface area (Å²) in [6.45, 7) is 24.8. The number of carbonyl (C=O) groups excluding carboxylic acids is 1. The van der Waals surface area contributed by atoms with E-state index in [2.05, 4.69) is 91.6 Å². The zero-order chi connectivity index (χ0) is 42.6. The SMILES string of the molecule is CCC(=O)[C@H](OCc1ccccc1)[C@H](O[Si](C)(C)C(C)(C)C)C(C)(C)[C@@H](OCc1ccc(OC)cc1)[C@@H](OCc1ccccc1)C(O[Si](C)(C)C)Sc1ccccc1. The van der Waals surface area contributed by atoms with Crippen molar-refractivity contribution in [1.29, 1.82) is 0 Å². The molecule has 0 fully saturated rings. The fourth-order valence-corrected chi connectivity index (χ4v) is 10.7. The molecule has 0 radical (unpaired) electrons. The van der Waals surface area contributed by atoms with Gasteiger partial charge in [-0.1, -0.05) is 144 Å². The Morgan fingerprint density at radius 1 is 0.621 bits per heavy atom. The number of Topliss-reactive ketones (excluding diaryl/α,β-unsaturated/α-hetero) is 1. The van der Waals surface area contributed by atoms with Gasteiger partial charge in [0.25, 0.3) is 0 Å². The normalized spacial score (nSPS) is 15.3. The zero-order valence-corrected chi connectivity index (χ0v) is 39.8. The van der Waals surface area contributed by atoms with Crippen molar-refractivity contribution >= 4 is 34.2 Å². The molecule has 0 bridgehead atoms. The van der Waals surface area contributed by atoms with Gasteiger partial charge in [-0.3, -0.25) is 4.79 Å². The van der Waals surface area contributed by atoms with Crippen LogP contribution in [0.15, 0.2) is 120 Å². The number of hydrogen-bond acceptors (Lipinski definition) is 8. The first-order chi connectivity index (χ1) is 27.3. The summed E-state index contributed by atoms with van der Waals surface area (Å²) in [6, 6.07) is 38.5. The third-order valence-electron chi connectivity index (χ3n) is 10.8. The quantitative estimate of drug-likeness (QED) is 0.0415. The average Bonchev–Trinajstić information content (AvgIpc) is 3.18. The molecule has 0 aliphatic heterocycles. The first-order valence-corrected chi connectivity index (χ1v) is 27.7. The highest BCUT2D eigenvalue weighted by atomic mass is 32.2. The van der Waals surface area contributed by atoms with Gasteiger partial charge in [0.15, 0.2) is 22.4 Å². The van der Waals surface area contributed by atoms with Crippen LogP contribution in [-0.2, 0) is 47.7 Å². The molecular formula is C48H68O7SSi2. The van der Waals surface area contributed by atoms with Crippen LogP contribution in [-0.4, -0.2) is 59.4 Å². The highest BCUT2D eigenvalue weighted by Gasteiger charge is 2.54. The molecule has 0 aliphatic carbocycles. The van der Waals surface area contributed by atoms with Crippen molar-refractivity contribution in [3.05, 3.63) is 132 Å². The maximum atomic E-state index is 14.4. The van der Waals surface area contributed by atoms with Crippen LogP contribution < -0.4 is 4.74 Å². The number of ether oxygens (including phenoxy) is 4. The van der Waals surface area contributed by atoms with Gasteiger partial charge in [-0.05, 0) is 78.7 Å². The molecule has 5 atom stereocenters. The van der Waals surface area contributed by atoms with E-state index in [4.69, 9.17) is 27.8 Å². The summed E-state index contributed by atoms with van der Waals surface area (Å²) in [6.07, 6.45) is -2.57. The first kappa shape index (κ1) is 47.6. The lowest BCUT2D eigenvalue weighted by Gasteiger charge is -2.51. The zero-order valence-electron chi connectivity index (χ0n) is 37.0. The Labute approximate surface area is 355 Å². The van der Waals surface area contributed by atoms with Crippen molar-refractivity contribution in [2.24, 2.45) is 5.41 Å². The number of methoxy groups -OCH3 is 1. The summed E-state index contributed by atoms with van der Waals surface area (Å²) in [5.41, 5.74) is 1.64. The molecule has 0 amide bonds. The van der Waals surface area contributed by atoms with Crippen molar-refractivity contribution in [2.75, 3.05) is 7.11 Å². The number of rotatable bonds is 23. The lowest BCUT2D eigenvalue weighted by atomic mass is 9.75. The first-order valence-electron chi connectivity index (χ1n) is 20.5. The van der Waals surface area contributed by atoms with Crippen molar-refractivity contribution in [3.63, 3.8) is 0 Å². The van der Waals surface area contributed by atoms with E-state index in [-0.39, 0.29) is 24.0 Å². The fraction of sp³-hybridized carbons (Fsp3) is 0.479. The van der Waals surface area contributed by atoms with E-state index in [9.17, 15) is 4.79 Å². The summed E-state index contributed by atoms with van der Waals surface area (Å²) < 4.78 is 41.4. The van der Waals surface area contributed by atoms with Crippen LogP contribution in [0.5, 0.6) is 5.75 Å². The minimum Gasteiger partial charge on any atom is -0.497 e. The molecule has 0 heterocycles. The Bertz CT molecular complexity index is 1790. The number of hydrogen-bond donors (Lipinski definition) is 0. The molecule has 0 saturated carbocycles. The highest BCUT2D eigenvalue weighted by Crippen LogP contribution is 2.46. The summed E-state index contributed by atoms with van der Waals surface area (Å²) in [4.78, 5) is 15.4.